The number of rotatable bonds is 2. The van der Waals surface area contributed by atoms with Gasteiger partial charge in [-0.2, -0.15) is 5.26 Å². The molecule has 0 saturated carbocycles. The summed E-state index contributed by atoms with van der Waals surface area (Å²) in [4.78, 5) is 11.4. The summed E-state index contributed by atoms with van der Waals surface area (Å²) >= 11 is 11.6. The first kappa shape index (κ1) is 11.8. The molecule has 1 aromatic rings. The lowest BCUT2D eigenvalue weighted by molar-refractivity contribution is 0.0526. The third-order valence-corrected chi connectivity index (χ3v) is 2.45. The van der Waals surface area contributed by atoms with E-state index in [0.717, 1.165) is 0 Å². The molecule has 0 atom stereocenters. The Labute approximate surface area is 97.2 Å². The van der Waals surface area contributed by atoms with Gasteiger partial charge in [-0.1, -0.05) is 23.2 Å². The van der Waals surface area contributed by atoms with Crippen molar-refractivity contribution in [1.82, 2.24) is 0 Å². The second-order valence-electron chi connectivity index (χ2n) is 2.65. The summed E-state index contributed by atoms with van der Waals surface area (Å²) in [7, 11) is 0. The third-order valence-electron chi connectivity index (χ3n) is 1.65. The number of carbonyl (C=O) groups excluding carboxylic acids is 1. The number of halogens is 2. The van der Waals surface area contributed by atoms with Crippen molar-refractivity contribution < 1.29 is 9.53 Å². The van der Waals surface area contributed by atoms with Crippen LogP contribution in [0.4, 0.5) is 0 Å². The predicted octanol–water partition coefficient (Wildman–Crippen LogP) is 3.04. The van der Waals surface area contributed by atoms with E-state index >= 15 is 0 Å². The zero-order chi connectivity index (χ0) is 11.4. The van der Waals surface area contributed by atoms with Gasteiger partial charge in [-0.3, -0.25) is 0 Å². The van der Waals surface area contributed by atoms with Gasteiger partial charge < -0.3 is 4.74 Å². The van der Waals surface area contributed by atoms with Crippen LogP contribution in [0.15, 0.2) is 12.1 Å². The van der Waals surface area contributed by atoms with Crippen LogP contribution in [0.1, 0.15) is 22.8 Å². The van der Waals surface area contributed by atoms with E-state index in [2.05, 4.69) is 0 Å². The lowest BCUT2D eigenvalue weighted by Crippen LogP contribution is -2.06. The lowest BCUT2D eigenvalue weighted by atomic mass is 10.1. The summed E-state index contributed by atoms with van der Waals surface area (Å²) in [5.41, 5.74) is 0.384. The van der Waals surface area contributed by atoms with Gasteiger partial charge in [0.2, 0.25) is 0 Å². The van der Waals surface area contributed by atoms with Crippen LogP contribution in [0.25, 0.3) is 0 Å². The molecule has 0 aliphatic carbocycles. The van der Waals surface area contributed by atoms with Crippen molar-refractivity contribution in [2.45, 2.75) is 6.92 Å². The maximum absolute atomic E-state index is 11.4. The van der Waals surface area contributed by atoms with Crippen molar-refractivity contribution in [1.29, 1.82) is 5.26 Å². The molecule has 0 spiro atoms. The zero-order valence-electron chi connectivity index (χ0n) is 7.88. The first-order valence-electron chi connectivity index (χ1n) is 4.16. The van der Waals surface area contributed by atoms with Crippen molar-refractivity contribution >= 4 is 29.2 Å². The standard InChI is InChI=1S/C10H7Cl2NO2/c1-2-15-10(14)7-3-6(5-13)4-8(11)9(7)12/h3-4H,2H2,1H3. The van der Waals surface area contributed by atoms with Crippen LogP contribution in [-0.2, 0) is 4.74 Å². The second kappa shape index (κ2) is 5.01. The molecule has 0 aromatic heterocycles. The molecule has 0 saturated heterocycles. The molecular weight excluding hydrogens is 237 g/mol. The molecule has 0 unspecified atom stereocenters. The normalized spacial score (nSPS) is 9.47. The highest BCUT2D eigenvalue weighted by atomic mass is 35.5. The van der Waals surface area contributed by atoms with Gasteiger partial charge in [0.15, 0.2) is 0 Å². The van der Waals surface area contributed by atoms with Crippen molar-refractivity contribution in [3.63, 3.8) is 0 Å². The minimum atomic E-state index is -0.582. The highest BCUT2D eigenvalue weighted by Gasteiger charge is 2.15. The van der Waals surface area contributed by atoms with E-state index in [9.17, 15) is 4.79 Å². The number of nitrogens with zero attached hydrogens (tertiary/aromatic N) is 1. The van der Waals surface area contributed by atoms with Crippen molar-refractivity contribution in [3.05, 3.63) is 33.3 Å². The Morgan fingerprint density at radius 1 is 1.53 bits per heavy atom. The second-order valence-corrected chi connectivity index (χ2v) is 3.44. The minimum Gasteiger partial charge on any atom is -0.462 e. The number of hydrogen-bond donors (Lipinski definition) is 0. The molecule has 0 fully saturated rings. The molecule has 0 heterocycles. The van der Waals surface area contributed by atoms with E-state index in [1.54, 1.807) is 6.92 Å². The molecule has 0 N–H and O–H groups in total. The summed E-state index contributed by atoms with van der Waals surface area (Å²) in [6.07, 6.45) is 0. The molecule has 78 valence electrons. The fraction of sp³-hybridized carbons (Fsp3) is 0.200. The van der Waals surface area contributed by atoms with Gasteiger partial charge in [0, 0.05) is 0 Å². The highest BCUT2D eigenvalue weighted by molar-refractivity contribution is 6.43. The molecule has 1 aromatic carbocycles. The Balaban J connectivity index is 3.23. The summed E-state index contributed by atoms with van der Waals surface area (Å²) in [5, 5.41) is 8.96. The maximum Gasteiger partial charge on any atom is 0.339 e. The third kappa shape index (κ3) is 2.62. The van der Waals surface area contributed by atoms with Crippen LogP contribution in [0, 0.1) is 11.3 Å². The van der Waals surface area contributed by atoms with Gasteiger partial charge in [0.25, 0.3) is 0 Å². The zero-order valence-corrected chi connectivity index (χ0v) is 9.39. The Kier molecular flexibility index (Phi) is 3.96. The van der Waals surface area contributed by atoms with Gasteiger partial charge >= 0.3 is 5.97 Å². The number of nitriles is 1. The maximum atomic E-state index is 11.4. The Bertz CT molecular complexity index is 438. The van der Waals surface area contributed by atoms with Crippen LogP contribution in [0.5, 0.6) is 0 Å². The average Bonchev–Trinajstić information content (AvgIpc) is 2.22. The van der Waals surface area contributed by atoms with E-state index in [-0.39, 0.29) is 27.8 Å². The van der Waals surface area contributed by atoms with Gasteiger partial charge in [0.1, 0.15) is 0 Å². The number of carbonyl (C=O) groups is 1. The Hall–Kier alpha value is -1.24. The molecule has 0 aliphatic rings. The topological polar surface area (TPSA) is 50.1 Å². The summed E-state index contributed by atoms with van der Waals surface area (Å²) < 4.78 is 4.77. The molecule has 3 nitrogen and oxygen atoms in total. The van der Waals surface area contributed by atoms with Crippen LogP contribution in [-0.4, -0.2) is 12.6 Å². The lowest BCUT2D eigenvalue weighted by Gasteiger charge is -2.05. The SMILES string of the molecule is CCOC(=O)c1cc(C#N)cc(Cl)c1Cl. The van der Waals surface area contributed by atoms with E-state index in [0.29, 0.717) is 0 Å². The number of esters is 1. The monoisotopic (exact) mass is 243 g/mol. The predicted molar refractivity (Wildman–Crippen MR) is 57.1 cm³/mol. The molecular formula is C10H7Cl2NO2. The van der Waals surface area contributed by atoms with Gasteiger partial charge in [-0.05, 0) is 19.1 Å². The molecule has 0 amide bonds. The van der Waals surface area contributed by atoms with Crippen molar-refractivity contribution in [2.24, 2.45) is 0 Å². The summed E-state index contributed by atoms with van der Waals surface area (Å²) in [6.45, 7) is 1.92. The average molecular weight is 244 g/mol. The van der Waals surface area contributed by atoms with Gasteiger partial charge in [-0.25, -0.2) is 4.79 Å². The highest BCUT2D eigenvalue weighted by Crippen LogP contribution is 2.27. The number of benzene rings is 1. The molecule has 0 aliphatic heterocycles. The summed E-state index contributed by atoms with van der Waals surface area (Å²) in [5.74, 6) is -0.582. The van der Waals surface area contributed by atoms with Gasteiger partial charge in [-0.15, -0.1) is 0 Å². The van der Waals surface area contributed by atoms with Crippen LogP contribution in [0.2, 0.25) is 10.0 Å². The fourth-order valence-electron chi connectivity index (χ4n) is 1.01. The van der Waals surface area contributed by atoms with Crippen molar-refractivity contribution in [3.8, 4) is 6.07 Å². The fourth-order valence-corrected chi connectivity index (χ4v) is 1.42. The van der Waals surface area contributed by atoms with Crippen LogP contribution >= 0.6 is 23.2 Å². The number of hydrogen-bond acceptors (Lipinski definition) is 3. The van der Waals surface area contributed by atoms with Crippen LogP contribution in [0.3, 0.4) is 0 Å². The molecule has 1 rings (SSSR count). The smallest absolute Gasteiger partial charge is 0.339 e. The van der Waals surface area contributed by atoms with Crippen molar-refractivity contribution in [2.75, 3.05) is 6.61 Å². The van der Waals surface area contributed by atoms with Gasteiger partial charge in [0.05, 0.1) is 33.8 Å². The minimum absolute atomic E-state index is 0.106. The molecule has 5 heteroatoms. The molecule has 0 radical (unpaired) electrons. The first-order chi connectivity index (χ1) is 7.10. The van der Waals surface area contributed by atoms with E-state index in [1.165, 1.54) is 12.1 Å². The van der Waals surface area contributed by atoms with Crippen LogP contribution < -0.4 is 0 Å². The number of ether oxygens (including phenoxy) is 1. The first-order valence-corrected chi connectivity index (χ1v) is 4.92. The van der Waals surface area contributed by atoms with E-state index in [1.807, 2.05) is 6.07 Å². The van der Waals surface area contributed by atoms with E-state index < -0.39 is 5.97 Å². The van der Waals surface area contributed by atoms with E-state index in [4.69, 9.17) is 33.2 Å². The Morgan fingerprint density at radius 3 is 2.73 bits per heavy atom. The quantitative estimate of drug-likeness (QED) is 0.751. The summed E-state index contributed by atoms with van der Waals surface area (Å²) in [6, 6.07) is 4.63. The largest absolute Gasteiger partial charge is 0.462 e. The molecule has 0 bridgehead atoms. The Morgan fingerprint density at radius 2 is 2.20 bits per heavy atom. The molecule has 15 heavy (non-hydrogen) atoms.